The van der Waals surface area contributed by atoms with E-state index in [0.29, 0.717) is 19.4 Å². The molecule has 37 heavy (non-hydrogen) atoms. The molecule has 1 aliphatic carbocycles. The fourth-order valence-electron chi connectivity index (χ4n) is 7.12. The number of amides is 1. The maximum atomic E-state index is 13.6. The van der Waals surface area contributed by atoms with Gasteiger partial charge in [0.25, 0.3) is 0 Å². The molecule has 2 atom stereocenters. The van der Waals surface area contributed by atoms with Gasteiger partial charge in [0.15, 0.2) is 0 Å². The topological polar surface area (TPSA) is 62.7 Å². The van der Waals surface area contributed by atoms with Crippen molar-refractivity contribution in [2.45, 2.75) is 55.7 Å². The van der Waals surface area contributed by atoms with Gasteiger partial charge in [0, 0.05) is 42.4 Å². The SMILES string of the molecule is O=C(OCC1c2ccccc2-c2ccccc21)N1C2CCCC1CC(O)(c1ccnc3ccccc13)C2. The van der Waals surface area contributed by atoms with Crippen LogP contribution in [0.25, 0.3) is 22.0 Å². The summed E-state index contributed by atoms with van der Waals surface area (Å²) in [4.78, 5) is 20.0. The van der Waals surface area contributed by atoms with Gasteiger partial charge in [0.2, 0.25) is 0 Å². The van der Waals surface area contributed by atoms with Gasteiger partial charge in [-0.1, -0.05) is 66.7 Å². The van der Waals surface area contributed by atoms with E-state index in [1.807, 2.05) is 35.2 Å². The number of nitrogens with zero attached hydrogens (tertiary/aromatic N) is 2. The van der Waals surface area contributed by atoms with Crippen LogP contribution in [-0.2, 0) is 10.3 Å². The predicted octanol–water partition coefficient (Wildman–Crippen LogP) is 6.39. The summed E-state index contributed by atoms with van der Waals surface area (Å²) in [6.45, 7) is 0.321. The molecule has 0 spiro atoms. The number of rotatable bonds is 3. The van der Waals surface area contributed by atoms with Crippen LogP contribution in [0.15, 0.2) is 85.1 Å². The summed E-state index contributed by atoms with van der Waals surface area (Å²) in [6.07, 6.45) is 5.39. The van der Waals surface area contributed by atoms with Gasteiger partial charge in [-0.05, 0) is 59.2 Å². The molecule has 3 heterocycles. The zero-order valence-corrected chi connectivity index (χ0v) is 20.7. The van der Waals surface area contributed by atoms with Crippen LogP contribution < -0.4 is 0 Å². The molecule has 0 saturated carbocycles. The Morgan fingerprint density at radius 1 is 0.892 bits per heavy atom. The second kappa shape index (κ2) is 8.70. The fourth-order valence-corrected chi connectivity index (χ4v) is 7.12. The number of ether oxygens (including phenoxy) is 1. The molecule has 5 heteroatoms. The normalized spacial score (nSPS) is 24.5. The molecule has 2 fully saturated rings. The third-order valence-corrected chi connectivity index (χ3v) is 8.71. The quantitative estimate of drug-likeness (QED) is 0.362. The van der Waals surface area contributed by atoms with Crippen LogP contribution in [0.4, 0.5) is 4.79 Å². The second-order valence-electron chi connectivity index (χ2n) is 10.8. The van der Waals surface area contributed by atoms with E-state index in [4.69, 9.17) is 4.74 Å². The van der Waals surface area contributed by atoms with Crippen LogP contribution in [0.3, 0.4) is 0 Å². The number of aliphatic hydroxyl groups is 1. The molecule has 2 aliphatic heterocycles. The minimum atomic E-state index is -0.988. The largest absolute Gasteiger partial charge is 0.448 e. The third kappa shape index (κ3) is 3.64. The van der Waals surface area contributed by atoms with Crippen molar-refractivity contribution in [3.05, 3.63) is 102 Å². The number of pyridine rings is 1. The summed E-state index contributed by atoms with van der Waals surface area (Å²) >= 11 is 0. The number of aromatic nitrogens is 1. The maximum absolute atomic E-state index is 13.6. The first-order valence-corrected chi connectivity index (χ1v) is 13.3. The van der Waals surface area contributed by atoms with Gasteiger partial charge in [0.1, 0.15) is 6.61 Å². The molecule has 5 nitrogen and oxygen atoms in total. The number of para-hydroxylation sites is 1. The number of hydrogen-bond acceptors (Lipinski definition) is 4. The Balaban J connectivity index is 1.13. The molecule has 4 aromatic rings. The first-order valence-electron chi connectivity index (χ1n) is 13.3. The molecule has 3 aromatic carbocycles. The Bertz CT molecular complexity index is 1430. The van der Waals surface area contributed by atoms with E-state index in [9.17, 15) is 9.90 Å². The Kier molecular flexibility index (Phi) is 5.29. The van der Waals surface area contributed by atoms with Crippen molar-refractivity contribution in [1.29, 1.82) is 0 Å². The maximum Gasteiger partial charge on any atom is 0.410 e. The predicted molar refractivity (Wildman–Crippen MR) is 143 cm³/mol. The van der Waals surface area contributed by atoms with Crippen LogP contribution >= 0.6 is 0 Å². The van der Waals surface area contributed by atoms with Crippen molar-refractivity contribution in [2.75, 3.05) is 6.61 Å². The van der Waals surface area contributed by atoms with Crippen LogP contribution in [0, 0.1) is 0 Å². The van der Waals surface area contributed by atoms with Crippen molar-refractivity contribution < 1.29 is 14.6 Å². The van der Waals surface area contributed by atoms with Crippen molar-refractivity contribution in [1.82, 2.24) is 9.88 Å². The minimum Gasteiger partial charge on any atom is -0.448 e. The molecule has 1 aromatic heterocycles. The van der Waals surface area contributed by atoms with Crippen molar-refractivity contribution >= 4 is 17.0 Å². The molecular formula is C32H30N2O3. The van der Waals surface area contributed by atoms with Crippen LogP contribution in [0.5, 0.6) is 0 Å². The molecule has 2 saturated heterocycles. The number of benzene rings is 3. The lowest BCUT2D eigenvalue weighted by Gasteiger charge is -2.51. The Morgan fingerprint density at radius 3 is 2.22 bits per heavy atom. The lowest BCUT2D eigenvalue weighted by atomic mass is 9.72. The van der Waals surface area contributed by atoms with Crippen LogP contribution in [-0.4, -0.2) is 39.8 Å². The second-order valence-corrected chi connectivity index (χ2v) is 10.8. The summed E-state index contributed by atoms with van der Waals surface area (Å²) in [5.41, 5.74) is 5.70. The summed E-state index contributed by atoms with van der Waals surface area (Å²) in [5, 5.41) is 12.9. The van der Waals surface area contributed by atoms with Gasteiger partial charge in [-0.3, -0.25) is 4.98 Å². The Labute approximate surface area is 216 Å². The van der Waals surface area contributed by atoms with E-state index in [1.54, 1.807) is 6.20 Å². The number of carbonyl (C=O) groups excluding carboxylic acids is 1. The summed E-state index contributed by atoms with van der Waals surface area (Å²) in [5.74, 6) is 0.0427. The average Bonchev–Trinajstić information content (AvgIpc) is 3.24. The highest BCUT2D eigenvalue weighted by Gasteiger charge is 2.49. The molecule has 3 aliphatic rings. The molecular weight excluding hydrogens is 460 g/mol. The van der Waals surface area contributed by atoms with E-state index < -0.39 is 5.60 Å². The van der Waals surface area contributed by atoms with Gasteiger partial charge < -0.3 is 14.7 Å². The first kappa shape index (κ1) is 22.5. The van der Waals surface area contributed by atoms with Gasteiger partial charge in [-0.2, -0.15) is 0 Å². The number of carbonyl (C=O) groups is 1. The molecule has 2 bridgehead atoms. The highest BCUT2D eigenvalue weighted by Crippen LogP contribution is 2.47. The summed E-state index contributed by atoms with van der Waals surface area (Å²) in [7, 11) is 0. The van der Waals surface area contributed by atoms with Gasteiger partial charge in [-0.15, -0.1) is 0 Å². The van der Waals surface area contributed by atoms with Gasteiger partial charge >= 0.3 is 6.09 Å². The van der Waals surface area contributed by atoms with Gasteiger partial charge in [-0.25, -0.2) is 4.79 Å². The third-order valence-electron chi connectivity index (χ3n) is 8.71. The van der Waals surface area contributed by atoms with Crippen molar-refractivity contribution in [3.8, 4) is 11.1 Å². The number of hydrogen-bond donors (Lipinski definition) is 1. The Morgan fingerprint density at radius 2 is 1.51 bits per heavy atom. The van der Waals surface area contributed by atoms with E-state index in [0.717, 1.165) is 35.7 Å². The zero-order chi connectivity index (χ0) is 25.0. The smallest absolute Gasteiger partial charge is 0.410 e. The number of piperidine rings is 2. The van der Waals surface area contributed by atoms with E-state index in [1.165, 1.54) is 22.3 Å². The van der Waals surface area contributed by atoms with Crippen LogP contribution in [0.2, 0.25) is 0 Å². The minimum absolute atomic E-state index is 0.0416. The zero-order valence-electron chi connectivity index (χ0n) is 20.7. The lowest BCUT2D eigenvalue weighted by Crippen LogP contribution is -2.59. The molecule has 186 valence electrons. The first-order chi connectivity index (χ1) is 18.1. The van der Waals surface area contributed by atoms with E-state index in [2.05, 4.69) is 53.5 Å². The summed E-state index contributed by atoms with van der Waals surface area (Å²) in [6, 6.07) is 26.6. The molecule has 1 amide bonds. The van der Waals surface area contributed by atoms with Crippen molar-refractivity contribution in [2.24, 2.45) is 0 Å². The highest BCUT2D eigenvalue weighted by atomic mass is 16.6. The van der Waals surface area contributed by atoms with Crippen molar-refractivity contribution in [3.63, 3.8) is 0 Å². The Hall–Kier alpha value is -3.70. The van der Waals surface area contributed by atoms with Gasteiger partial charge in [0.05, 0.1) is 11.1 Å². The molecule has 2 unspecified atom stereocenters. The standard InChI is InChI=1S/C32H30N2O3/c35-31(37-20-28-25-12-3-1-10-23(25)24-11-2-4-13-26(24)28)34-21-8-7-9-22(34)19-32(36,18-21)29-16-17-33-30-15-6-5-14-27(29)30/h1-6,10-17,21-22,28,36H,7-9,18-20H2. The highest BCUT2D eigenvalue weighted by molar-refractivity contribution is 5.83. The van der Waals surface area contributed by atoms with E-state index in [-0.39, 0.29) is 24.1 Å². The lowest BCUT2D eigenvalue weighted by molar-refractivity contribution is -0.0883. The van der Waals surface area contributed by atoms with E-state index >= 15 is 0 Å². The van der Waals surface area contributed by atoms with Crippen LogP contribution in [0.1, 0.15) is 54.7 Å². The molecule has 0 radical (unpaired) electrons. The number of fused-ring (bicyclic) bond motifs is 6. The summed E-state index contributed by atoms with van der Waals surface area (Å²) < 4.78 is 6.06. The monoisotopic (exact) mass is 490 g/mol. The average molecular weight is 491 g/mol. The molecule has 7 rings (SSSR count). The molecule has 1 N–H and O–H groups in total. The fraction of sp³-hybridized carbons (Fsp3) is 0.312.